The maximum Gasteiger partial charge on any atom is 0.279 e. The summed E-state index contributed by atoms with van der Waals surface area (Å²) >= 11 is 6.08. The number of halogens is 1. The highest BCUT2D eigenvalue weighted by Gasteiger charge is 2.27. The molecule has 0 unspecified atom stereocenters. The third-order valence-corrected chi connectivity index (χ3v) is 6.01. The zero-order chi connectivity index (χ0) is 20.9. The normalized spacial score (nSPS) is 21.1. The molecule has 2 aromatic carbocycles. The Balaban J connectivity index is 1.26. The minimum atomic E-state index is -0.112. The molecule has 4 N–H and O–H groups in total. The molecule has 1 aliphatic heterocycles. The third-order valence-electron chi connectivity index (χ3n) is 5.78. The molecule has 2 aliphatic rings. The first kappa shape index (κ1) is 20.8. The molecule has 2 amide bonds. The number of para-hydroxylation sites is 1. The van der Waals surface area contributed by atoms with Crippen LogP contribution in [-0.2, 0) is 11.3 Å². The highest BCUT2D eigenvalue weighted by atomic mass is 35.5. The Morgan fingerprint density at radius 1 is 0.967 bits per heavy atom. The van der Waals surface area contributed by atoms with Gasteiger partial charge in [0.2, 0.25) is 0 Å². The number of hydrogen-bond donors (Lipinski definition) is 4. The van der Waals surface area contributed by atoms with Crippen LogP contribution in [0.25, 0.3) is 0 Å². The topological polar surface area (TPSA) is 67.1 Å². The summed E-state index contributed by atoms with van der Waals surface area (Å²) in [7, 11) is 0. The molecule has 2 fully saturated rings. The molecule has 1 saturated carbocycles. The van der Waals surface area contributed by atoms with E-state index in [9.17, 15) is 9.59 Å². The van der Waals surface area contributed by atoms with Crippen molar-refractivity contribution >= 4 is 29.1 Å². The van der Waals surface area contributed by atoms with Crippen LogP contribution in [0.15, 0.2) is 48.5 Å². The molecule has 1 saturated heterocycles. The smallest absolute Gasteiger partial charge is 0.279 e. The Hall–Kier alpha value is -2.41. The highest BCUT2D eigenvalue weighted by Crippen LogP contribution is 2.21. The fourth-order valence-corrected chi connectivity index (χ4v) is 4.16. The lowest BCUT2D eigenvalue weighted by Gasteiger charge is -2.29. The van der Waals surface area contributed by atoms with Crippen molar-refractivity contribution in [2.75, 3.05) is 38.0 Å². The van der Waals surface area contributed by atoms with E-state index in [0.29, 0.717) is 17.8 Å². The van der Waals surface area contributed by atoms with Crippen LogP contribution in [0.5, 0.6) is 0 Å². The van der Waals surface area contributed by atoms with Gasteiger partial charge in [0, 0.05) is 16.6 Å². The summed E-state index contributed by atoms with van der Waals surface area (Å²) in [4.78, 5) is 27.8. The van der Waals surface area contributed by atoms with Crippen LogP contribution in [0.1, 0.15) is 28.8 Å². The van der Waals surface area contributed by atoms with Gasteiger partial charge in [0.05, 0.1) is 11.3 Å². The largest absolute Gasteiger partial charge is 0.349 e. The summed E-state index contributed by atoms with van der Waals surface area (Å²) in [6, 6.07) is 15.5. The van der Waals surface area contributed by atoms with E-state index >= 15 is 0 Å². The number of quaternary nitrogens is 2. The van der Waals surface area contributed by atoms with Gasteiger partial charge in [0.25, 0.3) is 11.8 Å². The second-order valence-corrected chi connectivity index (χ2v) is 8.76. The Labute approximate surface area is 182 Å². The molecule has 6 nitrogen and oxygen atoms in total. The van der Waals surface area contributed by atoms with Crippen LogP contribution in [0, 0.1) is 0 Å². The van der Waals surface area contributed by atoms with Crippen molar-refractivity contribution < 1.29 is 19.4 Å². The molecule has 0 atom stereocenters. The Bertz CT molecular complexity index is 908. The summed E-state index contributed by atoms with van der Waals surface area (Å²) in [5, 5.41) is 6.71. The molecule has 1 aliphatic carbocycles. The van der Waals surface area contributed by atoms with E-state index in [2.05, 4.69) is 16.7 Å². The number of carbonyl (C=O) groups is 2. The molecule has 0 radical (unpaired) electrons. The third kappa shape index (κ3) is 5.81. The van der Waals surface area contributed by atoms with Crippen molar-refractivity contribution in [1.82, 2.24) is 5.32 Å². The number of hydrogen-bond acceptors (Lipinski definition) is 2. The molecule has 0 bridgehead atoms. The van der Waals surface area contributed by atoms with Gasteiger partial charge in [0.1, 0.15) is 32.7 Å². The monoisotopic (exact) mass is 428 g/mol. The first-order chi connectivity index (χ1) is 14.6. The van der Waals surface area contributed by atoms with Crippen molar-refractivity contribution in [2.24, 2.45) is 0 Å². The predicted octanol–water partition coefficient (Wildman–Crippen LogP) is 0.154. The average Bonchev–Trinajstić information content (AvgIpc) is 3.54. The molecule has 0 spiro atoms. The lowest BCUT2D eigenvalue weighted by atomic mass is 10.1. The van der Waals surface area contributed by atoms with Gasteiger partial charge in [-0.1, -0.05) is 35.9 Å². The SMILES string of the molecule is O=C(C[NH+]1CC[NH+](Cc2cccc(Cl)c2)CC1)Nc1ccccc1C(=O)NC1CC1. The summed E-state index contributed by atoms with van der Waals surface area (Å²) < 4.78 is 0. The van der Waals surface area contributed by atoms with Crippen molar-refractivity contribution in [3.8, 4) is 0 Å². The minimum absolute atomic E-state index is 0.0463. The van der Waals surface area contributed by atoms with Crippen LogP contribution in [0.4, 0.5) is 5.69 Å². The predicted molar refractivity (Wildman–Crippen MR) is 117 cm³/mol. The van der Waals surface area contributed by atoms with Crippen LogP contribution in [-0.4, -0.2) is 50.6 Å². The fraction of sp³-hybridized carbons (Fsp3) is 0.391. The van der Waals surface area contributed by atoms with E-state index < -0.39 is 0 Å². The van der Waals surface area contributed by atoms with Crippen molar-refractivity contribution in [1.29, 1.82) is 0 Å². The Morgan fingerprint density at radius 3 is 2.43 bits per heavy atom. The molecule has 30 heavy (non-hydrogen) atoms. The lowest BCUT2D eigenvalue weighted by Crippen LogP contribution is -3.28. The number of carbonyl (C=O) groups excluding carboxylic acids is 2. The lowest BCUT2D eigenvalue weighted by molar-refractivity contribution is -1.02. The Kier molecular flexibility index (Phi) is 6.67. The van der Waals surface area contributed by atoms with Crippen molar-refractivity contribution in [3.05, 3.63) is 64.7 Å². The summed E-state index contributed by atoms with van der Waals surface area (Å²) in [5.41, 5.74) is 2.37. The van der Waals surface area contributed by atoms with Crippen molar-refractivity contribution in [2.45, 2.75) is 25.4 Å². The van der Waals surface area contributed by atoms with Gasteiger partial charge in [-0.15, -0.1) is 0 Å². The van der Waals surface area contributed by atoms with Gasteiger partial charge in [-0.25, -0.2) is 0 Å². The quantitative estimate of drug-likeness (QED) is 0.507. The van der Waals surface area contributed by atoms with Crippen molar-refractivity contribution in [3.63, 3.8) is 0 Å². The standard InChI is InChI=1S/C23H27ClN4O2/c24-18-5-3-4-17(14-18)15-27-10-12-28(13-11-27)16-22(29)26-21-7-2-1-6-20(21)23(30)25-19-8-9-19/h1-7,14,19H,8-13,15-16H2,(H,25,30)(H,26,29)/p+2. The van der Waals surface area contributed by atoms with E-state index in [1.807, 2.05) is 30.3 Å². The number of amides is 2. The zero-order valence-corrected chi connectivity index (χ0v) is 17.8. The zero-order valence-electron chi connectivity index (χ0n) is 17.0. The molecule has 4 rings (SSSR count). The highest BCUT2D eigenvalue weighted by molar-refractivity contribution is 6.30. The Morgan fingerprint density at radius 2 is 1.70 bits per heavy atom. The molecular weight excluding hydrogens is 400 g/mol. The molecule has 2 aromatic rings. The fourth-order valence-electron chi connectivity index (χ4n) is 3.95. The van der Waals surface area contributed by atoms with E-state index in [-0.39, 0.29) is 17.9 Å². The molecule has 7 heteroatoms. The van der Waals surface area contributed by atoms with Crippen LogP contribution in [0.2, 0.25) is 5.02 Å². The number of anilines is 1. The van der Waals surface area contributed by atoms with E-state index in [1.54, 1.807) is 12.1 Å². The summed E-state index contributed by atoms with van der Waals surface area (Å²) in [6.45, 7) is 5.33. The van der Waals surface area contributed by atoms with Gasteiger partial charge in [0.15, 0.2) is 6.54 Å². The average molecular weight is 429 g/mol. The van der Waals surface area contributed by atoms with E-state index in [1.165, 1.54) is 15.4 Å². The number of benzene rings is 2. The van der Waals surface area contributed by atoms with E-state index in [0.717, 1.165) is 50.6 Å². The summed E-state index contributed by atoms with van der Waals surface area (Å²) in [6.07, 6.45) is 2.07. The number of rotatable bonds is 7. The van der Waals surface area contributed by atoms with Crippen LogP contribution < -0.4 is 20.4 Å². The molecule has 0 aromatic heterocycles. The first-order valence-electron chi connectivity index (χ1n) is 10.7. The minimum Gasteiger partial charge on any atom is -0.349 e. The van der Waals surface area contributed by atoms with Gasteiger partial charge < -0.3 is 20.4 Å². The molecule has 1 heterocycles. The summed E-state index contributed by atoms with van der Waals surface area (Å²) in [5.74, 6) is -0.158. The van der Waals surface area contributed by atoms with Gasteiger partial charge in [-0.05, 0) is 37.1 Å². The molecular formula is C23H29ClN4O2+2. The first-order valence-corrected chi connectivity index (χ1v) is 11.1. The maximum atomic E-state index is 12.6. The number of piperazine rings is 1. The second kappa shape index (κ2) is 9.60. The van der Waals surface area contributed by atoms with E-state index in [4.69, 9.17) is 11.6 Å². The van der Waals surface area contributed by atoms with Gasteiger partial charge in [-0.3, -0.25) is 9.59 Å². The van der Waals surface area contributed by atoms with Gasteiger partial charge in [-0.2, -0.15) is 0 Å². The van der Waals surface area contributed by atoms with Crippen LogP contribution >= 0.6 is 11.6 Å². The second-order valence-electron chi connectivity index (χ2n) is 8.32. The maximum absolute atomic E-state index is 12.6. The van der Waals surface area contributed by atoms with Crippen LogP contribution in [0.3, 0.4) is 0 Å². The molecule has 158 valence electrons. The van der Waals surface area contributed by atoms with Gasteiger partial charge >= 0.3 is 0 Å². The number of nitrogens with one attached hydrogen (secondary N) is 4.